The van der Waals surface area contributed by atoms with E-state index >= 15 is 0 Å². The van der Waals surface area contributed by atoms with Gasteiger partial charge in [0.15, 0.2) is 0 Å². The Morgan fingerprint density at radius 2 is 0.972 bits per heavy atom. The van der Waals surface area contributed by atoms with E-state index in [1.807, 2.05) is 36.4 Å². The summed E-state index contributed by atoms with van der Waals surface area (Å²) in [7, 11) is 0. The maximum absolute atomic E-state index is 13.2. The minimum absolute atomic E-state index is 0.266. The van der Waals surface area contributed by atoms with Gasteiger partial charge in [-0.2, -0.15) is 0 Å². The Hall–Kier alpha value is -4.72. The van der Waals surface area contributed by atoms with Crippen LogP contribution in [-0.4, -0.2) is 24.9 Å². The van der Waals surface area contributed by atoms with Crippen LogP contribution < -0.4 is 20.9 Å². The Balaban J connectivity index is 1.56. The Morgan fingerprint density at radius 3 is 1.36 bits per heavy atom. The minimum Gasteiger partial charge on any atom is -0.489 e. The highest BCUT2D eigenvalue weighted by atomic mass is 19.1. The van der Waals surface area contributed by atoms with Gasteiger partial charge < -0.3 is 20.9 Å². The number of benzene rings is 4. The summed E-state index contributed by atoms with van der Waals surface area (Å²) in [5.41, 5.74) is 16.4. The lowest BCUT2D eigenvalue weighted by atomic mass is 9.98. The monoisotopic (exact) mass is 484 g/mol. The standard InChI is InChI=1S/C28H22F2N4O2/c29-19-3-7-21(8-4-19)33-27(31)17-1-11-25-23(15-17)24-16-18(2-12-26(24)36-14-13-35-25)28(32)34-22-9-5-20(30)6-10-22/h1-12,15-16H,13-14H2,(H2,31,33)(H2,32,34). The first kappa shape index (κ1) is 23.0. The van der Waals surface area contributed by atoms with E-state index in [2.05, 4.69) is 9.98 Å². The van der Waals surface area contributed by atoms with E-state index < -0.39 is 0 Å². The fraction of sp³-hybridized carbons (Fsp3) is 0.0714. The number of hydrogen-bond acceptors (Lipinski definition) is 4. The fourth-order valence-corrected chi connectivity index (χ4v) is 3.79. The molecule has 0 radical (unpaired) electrons. The smallest absolute Gasteiger partial charge is 0.131 e. The summed E-state index contributed by atoms with van der Waals surface area (Å²) in [5, 5.41) is 0. The molecule has 1 aliphatic heterocycles. The van der Waals surface area contributed by atoms with Crippen molar-refractivity contribution < 1.29 is 18.3 Å². The number of fused-ring (bicyclic) bond motifs is 3. The Bertz CT molecular complexity index is 1350. The Kier molecular flexibility index (Phi) is 6.32. The molecule has 0 saturated carbocycles. The summed E-state index contributed by atoms with van der Waals surface area (Å²) in [6.07, 6.45) is 0. The van der Waals surface area contributed by atoms with E-state index in [0.717, 1.165) is 11.1 Å². The van der Waals surface area contributed by atoms with Crippen LogP contribution in [-0.2, 0) is 0 Å². The minimum atomic E-state index is -0.347. The van der Waals surface area contributed by atoms with Crippen molar-refractivity contribution in [3.8, 4) is 22.6 Å². The molecule has 5 rings (SSSR count). The number of aliphatic imine (C=N–C) groups is 2. The zero-order valence-corrected chi connectivity index (χ0v) is 19.1. The molecule has 0 spiro atoms. The van der Waals surface area contributed by atoms with Crippen molar-refractivity contribution >= 4 is 23.0 Å². The molecule has 8 heteroatoms. The zero-order valence-electron chi connectivity index (χ0n) is 19.1. The molecule has 0 bridgehead atoms. The molecule has 4 aromatic carbocycles. The summed E-state index contributed by atoms with van der Waals surface area (Å²) in [4.78, 5) is 8.81. The third kappa shape index (κ3) is 5.02. The van der Waals surface area contributed by atoms with Gasteiger partial charge in [-0.3, -0.25) is 0 Å². The summed E-state index contributed by atoms with van der Waals surface area (Å²) in [6, 6.07) is 22.5. The molecular weight excluding hydrogens is 462 g/mol. The molecular formula is C28H22F2N4O2. The van der Waals surface area contributed by atoms with Gasteiger partial charge in [-0.15, -0.1) is 0 Å². The van der Waals surface area contributed by atoms with Gasteiger partial charge in [0.25, 0.3) is 0 Å². The summed E-state index contributed by atoms with van der Waals surface area (Å²) in [6.45, 7) is 0.752. The molecule has 0 unspecified atom stereocenters. The van der Waals surface area contributed by atoms with E-state index in [4.69, 9.17) is 20.9 Å². The molecule has 1 aliphatic rings. The molecule has 4 N–H and O–H groups in total. The first-order valence-electron chi connectivity index (χ1n) is 11.2. The number of rotatable bonds is 4. The summed E-state index contributed by atoms with van der Waals surface area (Å²) >= 11 is 0. The van der Waals surface area contributed by atoms with Crippen molar-refractivity contribution in [2.24, 2.45) is 21.5 Å². The van der Waals surface area contributed by atoms with Crippen LogP contribution in [0, 0.1) is 11.6 Å². The normalized spacial score (nSPS) is 13.5. The van der Waals surface area contributed by atoms with E-state index in [-0.39, 0.29) is 23.3 Å². The maximum atomic E-state index is 13.2. The molecule has 0 fully saturated rings. The van der Waals surface area contributed by atoms with E-state index in [0.29, 0.717) is 47.2 Å². The third-order valence-electron chi connectivity index (χ3n) is 5.59. The lowest BCUT2D eigenvalue weighted by molar-refractivity contribution is 0.214. The molecule has 36 heavy (non-hydrogen) atoms. The summed E-state index contributed by atoms with van der Waals surface area (Å²) < 4.78 is 38.3. The highest BCUT2D eigenvalue weighted by molar-refractivity contribution is 6.02. The van der Waals surface area contributed by atoms with Gasteiger partial charge in [0, 0.05) is 22.3 Å². The second-order valence-electron chi connectivity index (χ2n) is 8.07. The van der Waals surface area contributed by atoms with Crippen LogP contribution in [0.2, 0.25) is 0 Å². The van der Waals surface area contributed by atoms with Gasteiger partial charge in [0.05, 0.1) is 11.4 Å². The van der Waals surface area contributed by atoms with Gasteiger partial charge in [0.2, 0.25) is 0 Å². The highest BCUT2D eigenvalue weighted by Gasteiger charge is 2.18. The topological polar surface area (TPSA) is 95.2 Å². The SMILES string of the molecule is NC(=Nc1ccc(F)cc1)c1ccc2c(c1)-c1cc(C(N)=Nc3ccc(F)cc3)ccc1OCCO2. The van der Waals surface area contributed by atoms with Crippen LogP contribution in [0.1, 0.15) is 11.1 Å². The van der Waals surface area contributed by atoms with Gasteiger partial charge in [-0.25, -0.2) is 18.8 Å². The number of ether oxygens (including phenoxy) is 2. The largest absolute Gasteiger partial charge is 0.489 e. The molecule has 0 amide bonds. The van der Waals surface area contributed by atoms with E-state index in [9.17, 15) is 8.78 Å². The third-order valence-corrected chi connectivity index (χ3v) is 5.59. The number of nitrogens with zero attached hydrogens (tertiary/aromatic N) is 2. The predicted octanol–water partition coefficient (Wildman–Crippen LogP) is 5.48. The molecule has 0 aromatic heterocycles. The van der Waals surface area contributed by atoms with Crippen molar-refractivity contribution in [3.63, 3.8) is 0 Å². The average Bonchev–Trinajstić information content (AvgIpc) is 2.88. The van der Waals surface area contributed by atoms with Crippen LogP contribution in [0.3, 0.4) is 0 Å². The second-order valence-corrected chi connectivity index (χ2v) is 8.07. The first-order valence-corrected chi connectivity index (χ1v) is 11.2. The van der Waals surface area contributed by atoms with Crippen molar-refractivity contribution in [2.45, 2.75) is 0 Å². The number of nitrogens with two attached hydrogens (primary N) is 2. The van der Waals surface area contributed by atoms with Crippen molar-refractivity contribution in [2.75, 3.05) is 13.2 Å². The molecule has 0 atom stereocenters. The molecule has 4 aromatic rings. The number of hydrogen-bond donors (Lipinski definition) is 2. The molecule has 180 valence electrons. The molecule has 0 aliphatic carbocycles. The molecule has 6 nitrogen and oxygen atoms in total. The second kappa shape index (κ2) is 9.87. The fourth-order valence-electron chi connectivity index (χ4n) is 3.79. The lowest BCUT2D eigenvalue weighted by Crippen LogP contribution is -2.16. The first-order chi connectivity index (χ1) is 17.5. The van der Waals surface area contributed by atoms with Gasteiger partial charge in [-0.1, -0.05) is 0 Å². The predicted molar refractivity (Wildman–Crippen MR) is 136 cm³/mol. The lowest BCUT2D eigenvalue weighted by Gasteiger charge is -2.20. The van der Waals surface area contributed by atoms with Crippen LogP contribution in [0.5, 0.6) is 11.5 Å². The van der Waals surface area contributed by atoms with Crippen LogP contribution in [0.4, 0.5) is 20.2 Å². The highest BCUT2D eigenvalue weighted by Crippen LogP contribution is 2.39. The average molecular weight is 485 g/mol. The van der Waals surface area contributed by atoms with Crippen molar-refractivity contribution in [1.82, 2.24) is 0 Å². The van der Waals surface area contributed by atoms with Gasteiger partial charge in [0.1, 0.15) is 48.0 Å². The van der Waals surface area contributed by atoms with E-state index in [1.54, 1.807) is 24.3 Å². The van der Waals surface area contributed by atoms with Crippen LogP contribution >= 0.6 is 0 Å². The maximum Gasteiger partial charge on any atom is 0.131 e. The molecule has 0 saturated heterocycles. The van der Waals surface area contributed by atoms with E-state index in [1.165, 1.54) is 24.3 Å². The van der Waals surface area contributed by atoms with Gasteiger partial charge >= 0.3 is 0 Å². The van der Waals surface area contributed by atoms with Crippen molar-refractivity contribution in [3.05, 3.63) is 108 Å². The number of halogens is 2. The summed E-state index contributed by atoms with van der Waals surface area (Å²) in [5.74, 6) is 1.15. The van der Waals surface area contributed by atoms with Crippen LogP contribution in [0.15, 0.2) is 94.9 Å². The van der Waals surface area contributed by atoms with Crippen molar-refractivity contribution in [1.29, 1.82) is 0 Å². The Morgan fingerprint density at radius 1 is 0.583 bits per heavy atom. The number of amidine groups is 2. The molecule has 1 heterocycles. The zero-order chi connectivity index (χ0) is 25.1. The Labute approximate surface area is 206 Å². The quantitative estimate of drug-likeness (QED) is 0.296. The van der Waals surface area contributed by atoms with Gasteiger partial charge in [-0.05, 0) is 84.9 Å². The van der Waals surface area contributed by atoms with Crippen LogP contribution in [0.25, 0.3) is 11.1 Å².